The predicted molar refractivity (Wildman–Crippen MR) is 41.0 cm³/mol. The van der Waals surface area contributed by atoms with Crippen molar-refractivity contribution < 1.29 is 38.3 Å². The van der Waals surface area contributed by atoms with Crippen LogP contribution >= 0.6 is 11.3 Å². The van der Waals surface area contributed by atoms with E-state index in [1.54, 1.807) is 6.92 Å². The molecule has 0 saturated carbocycles. The molecule has 0 fully saturated rings. The van der Waals surface area contributed by atoms with E-state index in [1.807, 2.05) is 12.3 Å². The summed E-state index contributed by atoms with van der Waals surface area (Å²) in [6.45, 7) is 3.61. The summed E-state index contributed by atoms with van der Waals surface area (Å²) in [6, 6.07) is 0. The summed E-state index contributed by atoms with van der Waals surface area (Å²) < 4.78 is 21.0. The smallest absolute Gasteiger partial charge is 0.768 e. The van der Waals surface area contributed by atoms with Gasteiger partial charge in [-0.2, -0.15) is 0 Å². The van der Waals surface area contributed by atoms with Gasteiger partial charge in [0.25, 0.3) is 0 Å². The van der Waals surface area contributed by atoms with Gasteiger partial charge in [-0.15, -0.1) is 11.3 Å². The van der Waals surface area contributed by atoms with Crippen LogP contribution in [0.1, 0.15) is 10.4 Å². The molecular formula is C6H7NaO2S2. The van der Waals surface area contributed by atoms with Crippen LogP contribution in [0, 0.1) is 13.8 Å². The largest absolute Gasteiger partial charge is 1.00 e. The van der Waals surface area contributed by atoms with E-state index in [4.69, 9.17) is 0 Å². The molecule has 2 nitrogen and oxygen atoms in total. The first-order valence-electron chi connectivity index (χ1n) is 2.77. The summed E-state index contributed by atoms with van der Waals surface area (Å²) in [4.78, 5) is 1.33. The third kappa shape index (κ3) is 2.65. The Kier molecular flexibility index (Phi) is 5.09. The quantitative estimate of drug-likeness (QED) is 0.411. The average molecular weight is 198 g/mol. The molecule has 0 bridgehead atoms. The van der Waals surface area contributed by atoms with Crippen LogP contribution in [0.5, 0.6) is 0 Å². The van der Waals surface area contributed by atoms with Crippen molar-refractivity contribution >= 4 is 22.4 Å². The molecule has 0 radical (unpaired) electrons. The Labute approximate surface area is 94.6 Å². The molecule has 5 heteroatoms. The van der Waals surface area contributed by atoms with E-state index >= 15 is 0 Å². The van der Waals surface area contributed by atoms with Crippen molar-refractivity contribution in [3.05, 3.63) is 15.8 Å². The summed E-state index contributed by atoms with van der Waals surface area (Å²) in [5.74, 6) is 0. The van der Waals surface area contributed by atoms with Crippen LogP contribution in [-0.4, -0.2) is 8.76 Å². The van der Waals surface area contributed by atoms with Gasteiger partial charge in [-0.3, -0.25) is 4.21 Å². The third-order valence-corrected chi connectivity index (χ3v) is 3.38. The van der Waals surface area contributed by atoms with Gasteiger partial charge in [0.05, 0.1) is 0 Å². The zero-order chi connectivity index (χ0) is 7.72. The standard InChI is InChI=1S/C6H8O2S2.Na/c1-4-3-9-5(2)6(4)10(7)8;/h3H,1-2H3,(H,7,8);/q;+1/p-1. The van der Waals surface area contributed by atoms with Crippen molar-refractivity contribution in [1.29, 1.82) is 0 Å². The molecule has 0 saturated heterocycles. The third-order valence-electron chi connectivity index (χ3n) is 1.26. The molecule has 0 N–H and O–H groups in total. The Bertz CT molecular complexity index is 250. The summed E-state index contributed by atoms with van der Waals surface area (Å²) in [6.07, 6.45) is 0. The summed E-state index contributed by atoms with van der Waals surface area (Å²) in [5, 5.41) is 1.85. The summed E-state index contributed by atoms with van der Waals surface area (Å²) in [5.41, 5.74) is 0.843. The maximum atomic E-state index is 10.5. The van der Waals surface area contributed by atoms with Gasteiger partial charge in [-0.05, 0) is 35.9 Å². The van der Waals surface area contributed by atoms with Crippen LogP contribution in [0.15, 0.2) is 10.3 Å². The molecule has 0 aliphatic rings. The Morgan fingerprint density at radius 2 is 2.09 bits per heavy atom. The second-order valence-corrected chi connectivity index (χ2v) is 4.00. The number of aryl methyl sites for hydroxylation is 2. The van der Waals surface area contributed by atoms with Gasteiger partial charge < -0.3 is 4.55 Å². The van der Waals surface area contributed by atoms with Crippen molar-refractivity contribution in [2.75, 3.05) is 0 Å². The molecule has 0 aliphatic carbocycles. The van der Waals surface area contributed by atoms with E-state index in [9.17, 15) is 8.76 Å². The van der Waals surface area contributed by atoms with Gasteiger partial charge in [-0.1, -0.05) is 0 Å². The second kappa shape index (κ2) is 4.74. The molecular weight excluding hydrogens is 191 g/mol. The Morgan fingerprint density at radius 3 is 2.27 bits per heavy atom. The van der Waals surface area contributed by atoms with E-state index in [2.05, 4.69) is 0 Å². The minimum absolute atomic E-state index is 0. The van der Waals surface area contributed by atoms with Crippen molar-refractivity contribution in [3.8, 4) is 0 Å². The fraction of sp³-hybridized carbons (Fsp3) is 0.333. The van der Waals surface area contributed by atoms with Gasteiger partial charge >= 0.3 is 29.6 Å². The van der Waals surface area contributed by atoms with Crippen LogP contribution in [0.3, 0.4) is 0 Å². The van der Waals surface area contributed by atoms with Crippen LogP contribution in [0.4, 0.5) is 0 Å². The number of hydrogen-bond donors (Lipinski definition) is 0. The first-order chi connectivity index (χ1) is 4.63. The van der Waals surface area contributed by atoms with Crippen LogP contribution in [0.2, 0.25) is 0 Å². The van der Waals surface area contributed by atoms with E-state index in [1.165, 1.54) is 11.3 Å². The molecule has 0 aromatic carbocycles. The Hall–Kier alpha value is 0.810. The van der Waals surface area contributed by atoms with E-state index in [0.29, 0.717) is 4.90 Å². The number of thiophene rings is 1. The maximum absolute atomic E-state index is 10.5. The fourth-order valence-electron chi connectivity index (χ4n) is 0.810. The molecule has 1 aromatic heterocycles. The molecule has 0 spiro atoms. The average Bonchev–Trinajstić information content (AvgIpc) is 2.11. The van der Waals surface area contributed by atoms with Gasteiger partial charge in [-0.25, -0.2) is 0 Å². The van der Waals surface area contributed by atoms with Gasteiger partial charge in [0.2, 0.25) is 0 Å². The summed E-state index contributed by atoms with van der Waals surface area (Å²) in [7, 11) is 0. The van der Waals surface area contributed by atoms with E-state index in [0.717, 1.165) is 10.4 Å². The normalized spacial score (nSPS) is 12.3. The SMILES string of the molecule is Cc1csc(C)c1S(=O)[O-].[Na+]. The molecule has 1 rings (SSSR count). The van der Waals surface area contributed by atoms with Gasteiger partial charge in [0, 0.05) is 9.77 Å². The van der Waals surface area contributed by atoms with Crippen LogP contribution in [-0.2, 0) is 11.1 Å². The molecule has 1 unspecified atom stereocenters. The van der Waals surface area contributed by atoms with Crippen LogP contribution in [0.25, 0.3) is 0 Å². The van der Waals surface area contributed by atoms with Crippen molar-refractivity contribution in [2.45, 2.75) is 18.7 Å². The maximum Gasteiger partial charge on any atom is 1.00 e. The van der Waals surface area contributed by atoms with Crippen molar-refractivity contribution in [2.24, 2.45) is 0 Å². The predicted octanol–water partition coefficient (Wildman–Crippen LogP) is -1.39. The first kappa shape index (κ1) is 11.8. The minimum atomic E-state index is -2.06. The molecule has 56 valence electrons. The zero-order valence-electron chi connectivity index (χ0n) is 6.71. The summed E-state index contributed by atoms with van der Waals surface area (Å²) >= 11 is -0.594. The number of rotatable bonds is 1. The Balaban J connectivity index is 0.000001000. The molecule has 1 heterocycles. The monoisotopic (exact) mass is 198 g/mol. The van der Waals surface area contributed by atoms with Crippen molar-refractivity contribution in [1.82, 2.24) is 0 Å². The topological polar surface area (TPSA) is 40.1 Å². The van der Waals surface area contributed by atoms with Crippen molar-refractivity contribution in [3.63, 3.8) is 0 Å². The van der Waals surface area contributed by atoms with E-state index < -0.39 is 11.1 Å². The molecule has 0 aliphatic heterocycles. The van der Waals surface area contributed by atoms with E-state index in [-0.39, 0.29) is 29.6 Å². The second-order valence-electron chi connectivity index (χ2n) is 2.04. The van der Waals surface area contributed by atoms with Gasteiger partial charge in [0.15, 0.2) is 0 Å². The Morgan fingerprint density at radius 1 is 1.55 bits per heavy atom. The van der Waals surface area contributed by atoms with Crippen LogP contribution < -0.4 is 29.6 Å². The molecule has 11 heavy (non-hydrogen) atoms. The molecule has 1 aromatic rings. The first-order valence-corrected chi connectivity index (χ1v) is 4.72. The zero-order valence-corrected chi connectivity index (χ0v) is 10.3. The minimum Gasteiger partial charge on any atom is -0.768 e. The molecule has 1 atom stereocenters. The fourth-order valence-corrected chi connectivity index (χ4v) is 2.53. The number of hydrogen-bond acceptors (Lipinski definition) is 3. The van der Waals surface area contributed by atoms with Gasteiger partial charge in [0.1, 0.15) is 0 Å². The molecule has 0 amide bonds.